The maximum absolute atomic E-state index is 11.4. The molecule has 1 N–H and O–H groups in total. The molecule has 0 aliphatic carbocycles. The maximum atomic E-state index is 11.4. The van der Waals surface area contributed by atoms with E-state index in [-0.39, 0.29) is 5.91 Å². The van der Waals surface area contributed by atoms with Crippen LogP contribution in [-0.2, 0) is 0 Å². The molecule has 4 nitrogen and oxygen atoms in total. The summed E-state index contributed by atoms with van der Waals surface area (Å²) < 4.78 is 6.36. The van der Waals surface area contributed by atoms with E-state index in [0.717, 1.165) is 0 Å². The van der Waals surface area contributed by atoms with Gasteiger partial charge >= 0.3 is 0 Å². The van der Waals surface area contributed by atoms with Crippen LogP contribution in [0.3, 0.4) is 0 Å². The molecule has 0 radical (unpaired) electrons. The summed E-state index contributed by atoms with van der Waals surface area (Å²) >= 11 is 0. The molecule has 0 saturated carbocycles. The van der Waals surface area contributed by atoms with Crippen molar-refractivity contribution in [3.8, 4) is 0 Å². The van der Waals surface area contributed by atoms with Gasteiger partial charge in [0.25, 0.3) is 5.91 Å². The molecule has 0 fully saturated rings. The second-order valence-corrected chi connectivity index (χ2v) is 2.54. The standard InChI is InChI=1S/C9H8N2O2/c12-9(8-3-6-13-7-8)10-11-4-1-2-5-11/h1-7H,(H,10,12). The van der Waals surface area contributed by atoms with Crippen LogP contribution in [0.2, 0.25) is 0 Å². The Kier molecular flexibility index (Phi) is 1.88. The van der Waals surface area contributed by atoms with Crippen molar-refractivity contribution in [3.63, 3.8) is 0 Å². The van der Waals surface area contributed by atoms with Crippen LogP contribution in [-0.4, -0.2) is 10.6 Å². The summed E-state index contributed by atoms with van der Waals surface area (Å²) in [5.74, 6) is -0.190. The topological polar surface area (TPSA) is 47.2 Å². The molecule has 0 saturated heterocycles. The molecule has 2 aromatic rings. The van der Waals surface area contributed by atoms with Crippen molar-refractivity contribution in [2.75, 3.05) is 5.43 Å². The lowest BCUT2D eigenvalue weighted by Crippen LogP contribution is -2.20. The molecule has 0 atom stereocenters. The van der Waals surface area contributed by atoms with Gasteiger partial charge in [0.05, 0.1) is 11.8 Å². The SMILES string of the molecule is O=C(Nn1cccc1)c1ccoc1. The van der Waals surface area contributed by atoms with E-state index in [2.05, 4.69) is 5.43 Å². The first-order valence-corrected chi connectivity index (χ1v) is 3.83. The minimum Gasteiger partial charge on any atom is -0.472 e. The summed E-state index contributed by atoms with van der Waals surface area (Å²) in [4.78, 5) is 11.4. The molecular formula is C9H8N2O2. The Morgan fingerprint density at radius 3 is 2.77 bits per heavy atom. The minimum absolute atomic E-state index is 0.190. The maximum Gasteiger partial charge on any atom is 0.273 e. The highest BCUT2D eigenvalue weighted by Crippen LogP contribution is 2.00. The van der Waals surface area contributed by atoms with Gasteiger partial charge < -0.3 is 4.42 Å². The van der Waals surface area contributed by atoms with E-state index in [1.54, 1.807) is 23.1 Å². The Morgan fingerprint density at radius 2 is 2.15 bits per heavy atom. The molecule has 1 amide bonds. The van der Waals surface area contributed by atoms with Gasteiger partial charge in [-0.25, -0.2) is 0 Å². The van der Waals surface area contributed by atoms with Crippen molar-refractivity contribution in [1.29, 1.82) is 0 Å². The fourth-order valence-electron chi connectivity index (χ4n) is 0.985. The van der Waals surface area contributed by atoms with Gasteiger partial charge in [-0.1, -0.05) is 0 Å². The lowest BCUT2D eigenvalue weighted by molar-refractivity contribution is 0.101. The number of amides is 1. The number of carbonyl (C=O) groups is 1. The zero-order valence-corrected chi connectivity index (χ0v) is 6.81. The van der Waals surface area contributed by atoms with E-state index in [1.807, 2.05) is 12.1 Å². The highest BCUT2D eigenvalue weighted by atomic mass is 16.3. The average Bonchev–Trinajstić information content (AvgIpc) is 2.74. The third-order valence-electron chi connectivity index (χ3n) is 1.62. The van der Waals surface area contributed by atoms with Crippen molar-refractivity contribution in [2.45, 2.75) is 0 Å². The molecule has 2 rings (SSSR count). The van der Waals surface area contributed by atoms with Crippen molar-refractivity contribution >= 4 is 5.91 Å². The third-order valence-corrected chi connectivity index (χ3v) is 1.62. The smallest absolute Gasteiger partial charge is 0.273 e. The van der Waals surface area contributed by atoms with Crippen molar-refractivity contribution < 1.29 is 9.21 Å². The minimum atomic E-state index is -0.190. The molecule has 0 aromatic carbocycles. The monoisotopic (exact) mass is 176 g/mol. The van der Waals surface area contributed by atoms with Crippen LogP contribution in [0.1, 0.15) is 10.4 Å². The van der Waals surface area contributed by atoms with Gasteiger partial charge in [-0.2, -0.15) is 0 Å². The van der Waals surface area contributed by atoms with Crippen LogP contribution in [0.25, 0.3) is 0 Å². The summed E-state index contributed by atoms with van der Waals surface area (Å²) in [6.45, 7) is 0. The van der Waals surface area contributed by atoms with E-state index in [1.165, 1.54) is 12.5 Å². The third kappa shape index (κ3) is 1.61. The number of aromatic nitrogens is 1. The Balaban J connectivity index is 2.08. The molecule has 2 aromatic heterocycles. The largest absolute Gasteiger partial charge is 0.472 e. The first-order valence-electron chi connectivity index (χ1n) is 3.83. The normalized spacial score (nSPS) is 9.85. The highest BCUT2D eigenvalue weighted by Gasteiger charge is 2.05. The second-order valence-electron chi connectivity index (χ2n) is 2.54. The molecule has 0 aliphatic rings. The zero-order chi connectivity index (χ0) is 9.10. The number of carbonyl (C=O) groups excluding carboxylic acids is 1. The van der Waals surface area contributed by atoms with Gasteiger partial charge in [0.2, 0.25) is 0 Å². The summed E-state index contributed by atoms with van der Waals surface area (Å²) in [5, 5.41) is 0. The quantitative estimate of drug-likeness (QED) is 0.753. The van der Waals surface area contributed by atoms with Crippen LogP contribution in [0.5, 0.6) is 0 Å². The lowest BCUT2D eigenvalue weighted by atomic mass is 10.3. The van der Waals surface area contributed by atoms with Gasteiger partial charge in [0, 0.05) is 12.4 Å². The van der Waals surface area contributed by atoms with Gasteiger partial charge in [-0.15, -0.1) is 0 Å². The van der Waals surface area contributed by atoms with Crippen molar-refractivity contribution in [1.82, 2.24) is 4.68 Å². The van der Waals surface area contributed by atoms with E-state index in [0.29, 0.717) is 5.56 Å². The van der Waals surface area contributed by atoms with Crippen LogP contribution in [0.4, 0.5) is 0 Å². The molecule has 66 valence electrons. The Morgan fingerprint density at radius 1 is 1.38 bits per heavy atom. The molecule has 4 heteroatoms. The number of furan rings is 1. The van der Waals surface area contributed by atoms with Crippen LogP contribution >= 0.6 is 0 Å². The van der Waals surface area contributed by atoms with Crippen LogP contribution < -0.4 is 5.43 Å². The van der Waals surface area contributed by atoms with E-state index < -0.39 is 0 Å². The molecular weight excluding hydrogens is 168 g/mol. The predicted molar refractivity (Wildman–Crippen MR) is 46.8 cm³/mol. The highest BCUT2D eigenvalue weighted by molar-refractivity contribution is 5.99. The number of hydrogen-bond acceptors (Lipinski definition) is 2. The Hall–Kier alpha value is -1.97. The molecule has 0 aliphatic heterocycles. The molecule has 0 bridgehead atoms. The van der Waals surface area contributed by atoms with Gasteiger partial charge in [-0.05, 0) is 18.2 Å². The first kappa shape index (κ1) is 7.67. The fourth-order valence-corrected chi connectivity index (χ4v) is 0.985. The average molecular weight is 176 g/mol. The number of rotatable bonds is 2. The Labute approximate surface area is 74.7 Å². The number of nitrogens with one attached hydrogen (secondary N) is 1. The zero-order valence-electron chi connectivity index (χ0n) is 6.81. The van der Waals surface area contributed by atoms with Crippen molar-refractivity contribution in [2.24, 2.45) is 0 Å². The second kappa shape index (κ2) is 3.18. The van der Waals surface area contributed by atoms with E-state index in [9.17, 15) is 4.79 Å². The van der Waals surface area contributed by atoms with Crippen LogP contribution in [0, 0.1) is 0 Å². The number of hydrogen-bond donors (Lipinski definition) is 1. The molecule has 0 unspecified atom stereocenters. The predicted octanol–water partition coefficient (Wildman–Crippen LogP) is 1.47. The molecule has 2 heterocycles. The van der Waals surface area contributed by atoms with E-state index in [4.69, 9.17) is 4.42 Å². The first-order chi connectivity index (χ1) is 6.36. The van der Waals surface area contributed by atoms with Gasteiger partial charge in [0.15, 0.2) is 0 Å². The lowest BCUT2D eigenvalue weighted by Gasteiger charge is -2.02. The summed E-state index contributed by atoms with van der Waals surface area (Å²) in [7, 11) is 0. The molecule has 13 heavy (non-hydrogen) atoms. The van der Waals surface area contributed by atoms with Gasteiger partial charge in [-0.3, -0.25) is 14.9 Å². The Bertz CT molecular complexity index is 376. The van der Waals surface area contributed by atoms with Crippen molar-refractivity contribution in [3.05, 3.63) is 48.7 Å². The van der Waals surface area contributed by atoms with Gasteiger partial charge in [0.1, 0.15) is 6.26 Å². The summed E-state index contributed by atoms with van der Waals surface area (Å²) in [5.41, 5.74) is 3.15. The summed E-state index contributed by atoms with van der Waals surface area (Å²) in [6.07, 6.45) is 6.36. The summed E-state index contributed by atoms with van der Waals surface area (Å²) in [6, 6.07) is 5.27. The molecule has 0 spiro atoms. The fraction of sp³-hybridized carbons (Fsp3) is 0. The van der Waals surface area contributed by atoms with E-state index >= 15 is 0 Å². The number of nitrogens with zero attached hydrogens (tertiary/aromatic N) is 1. The van der Waals surface area contributed by atoms with Crippen LogP contribution in [0.15, 0.2) is 47.5 Å².